The lowest BCUT2D eigenvalue weighted by Gasteiger charge is -1.91. The summed E-state index contributed by atoms with van der Waals surface area (Å²) in [5, 5.41) is 5.89. The predicted molar refractivity (Wildman–Crippen MR) is 65.3 cm³/mol. The number of hydrogen-bond donors (Lipinski definition) is 0. The molecule has 0 aromatic carbocycles. The van der Waals surface area contributed by atoms with Gasteiger partial charge in [0.2, 0.25) is 0 Å². The second-order valence-electron chi connectivity index (χ2n) is 2.33. The van der Waals surface area contributed by atoms with Crippen molar-refractivity contribution in [3.8, 4) is 0 Å². The predicted octanol–water partition coefficient (Wildman–Crippen LogP) is 3.53. The van der Waals surface area contributed by atoms with Crippen molar-refractivity contribution >= 4 is 62.5 Å². The van der Waals surface area contributed by atoms with Crippen molar-refractivity contribution in [1.82, 2.24) is 14.5 Å². The topological polar surface area (TPSA) is 30.7 Å². The summed E-state index contributed by atoms with van der Waals surface area (Å²) < 4.78 is 1.81. The highest BCUT2D eigenvalue weighted by Gasteiger charge is 2.06. The molecule has 2 heterocycles. The van der Waals surface area contributed by atoms with E-state index in [0.29, 0.717) is 16.7 Å². The number of aromatic nitrogens is 3. The third-order valence-corrected chi connectivity index (χ3v) is 3.88. The number of fused-ring (bicyclic) bond motifs is 1. The van der Waals surface area contributed by atoms with E-state index in [-0.39, 0.29) is 0 Å². The SMILES string of the molecule is Clc1cc2nn(PI)cc2c(Cl)n1. The Morgan fingerprint density at radius 1 is 1.46 bits per heavy atom. The zero-order chi connectivity index (χ0) is 9.42. The van der Waals surface area contributed by atoms with Gasteiger partial charge in [0.25, 0.3) is 0 Å². The molecule has 0 aliphatic carbocycles. The molecule has 0 saturated heterocycles. The lowest BCUT2D eigenvalue weighted by atomic mass is 10.3. The van der Waals surface area contributed by atoms with Crippen LogP contribution >= 0.6 is 51.6 Å². The van der Waals surface area contributed by atoms with Crippen LogP contribution in [0.1, 0.15) is 0 Å². The summed E-state index contributed by atoms with van der Waals surface area (Å²) in [5.41, 5.74) is 0.786. The Balaban J connectivity index is 2.75. The van der Waals surface area contributed by atoms with Crippen molar-refractivity contribution < 1.29 is 0 Å². The number of pyridine rings is 1. The van der Waals surface area contributed by atoms with Crippen molar-refractivity contribution in [2.75, 3.05) is 0 Å². The van der Waals surface area contributed by atoms with Crippen LogP contribution in [0.25, 0.3) is 10.9 Å². The summed E-state index contributed by atoms with van der Waals surface area (Å²) in [7, 11) is 0. The highest BCUT2D eigenvalue weighted by atomic mass is 127. The molecule has 3 nitrogen and oxygen atoms in total. The molecule has 68 valence electrons. The van der Waals surface area contributed by atoms with Crippen LogP contribution in [0, 0.1) is 0 Å². The lowest BCUT2D eigenvalue weighted by Crippen LogP contribution is -1.78. The number of rotatable bonds is 1. The van der Waals surface area contributed by atoms with E-state index < -0.39 is 0 Å². The molecule has 0 radical (unpaired) electrons. The van der Waals surface area contributed by atoms with Crippen molar-refractivity contribution in [3.05, 3.63) is 22.6 Å². The van der Waals surface area contributed by atoms with E-state index in [1.54, 1.807) is 6.07 Å². The highest BCUT2D eigenvalue weighted by molar-refractivity contribution is 14.2. The number of halogens is 3. The monoisotopic (exact) mass is 345 g/mol. The van der Waals surface area contributed by atoms with Crippen molar-refractivity contribution in [2.24, 2.45) is 0 Å². The fourth-order valence-electron chi connectivity index (χ4n) is 0.995. The van der Waals surface area contributed by atoms with E-state index in [2.05, 4.69) is 32.1 Å². The summed E-state index contributed by atoms with van der Waals surface area (Å²) in [6, 6.07) is 1.70. The molecule has 2 aromatic rings. The Kier molecular flexibility index (Phi) is 2.93. The minimum Gasteiger partial charge on any atom is -0.244 e. The molecule has 0 amide bonds. The minimum absolute atomic E-state index is 0.375. The van der Waals surface area contributed by atoms with E-state index in [1.165, 1.54) is 0 Å². The van der Waals surface area contributed by atoms with Gasteiger partial charge in [0.15, 0.2) is 0 Å². The third kappa shape index (κ3) is 1.91. The van der Waals surface area contributed by atoms with Gasteiger partial charge in [-0.1, -0.05) is 23.2 Å². The van der Waals surface area contributed by atoms with Gasteiger partial charge in [-0.25, -0.2) is 9.44 Å². The van der Waals surface area contributed by atoms with E-state index in [9.17, 15) is 0 Å². The molecule has 7 heteroatoms. The first kappa shape index (κ1) is 9.90. The van der Waals surface area contributed by atoms with Crippen LogP contribution in [0.3, 0.4) is 0 Å². The third-order valence-electron chi connectivity index (χ3n) is 1.51. The quantitative estimate of drug-likeness (QED) is 0.449. The summed E-state index contributed by atoms with van der Waals surface area (Å²) in [6.45, 7) is 0. The number of nitrogens with zero attached hydrogens (tertiary/aromatic N) is 3. The first-order valence-electron chi connectivity index (χ1n) is 3.29. The molecule has 13 heavy (non-hydrogen) atoms. The van der Waals surface area contributed by atoms with Gasteiger partial charge in [0, 0.05) is 12.3 Å². The molecule has 0 saturated carbocycles. The standard InChI is InChI=1S/C6H3Cl2IN3P/c7-5-1-4-3(6(8)10-5)2-12(11-4)13-9/h1-2,13H. The second-order valence-corrected chi connectivity index (χ2v) is 5.15. The smallest absolute Gasteiger partial charge is 0.141 e. The Morgan fingerprint density at radius 2 is 2.23 bits per heavy atom. The second kappa shape index (κ2) is 3.85. The Morgan fingerprint density at radius 3 is 2.92 bits per heavy atom. The minimum atomic E-state index is 0.375. The first-order chi connectivity index (χ1) is 6.20. The van der Waals surface area contributed by atoms with E-state index in [1.807, 2.05) is 10.6 Å². The summed E-state index contributed by atoms with van der Waals surface area (Å²) in [4.78, 5) is 3.93. The molecule has 1 atom stereocenters. The zero-order valence-electron chi connectivity index (χ0n) is 6.13. The molecular weight excluding hydrogens is 343 g/mol. The van der Waals surface area contributed by atoms with E-state index in [0.717, 1.165) is 10.9 Å². The highest BCUT2D eigenvalue weighted by Crippen LogP contribution is 2.29. The van der Waals surface area contributed by atoms with Crippen LogP contribution < -0.4 is 0 Å². The van der Waals surface area contributed by atoms with Gasteiger partial charge in [-0.3, -0.25) is 0 Å². The molecule has 0 aliphatic heterocycles. The van der Waals surface area contributed by atoms with Gasteiger partial charge < -0.3 is 0 Å². The van der Waals surface area contributed by atoms with Gasteiger partial charge >= 0.3 is 0 Å². The molecular formula is C6H3Cl2IN3P. The molecule has 2 rings (SSSR count). The average Bonchev–Trinajstić information content (AvgIpc) is 2.47. The summed E-state index contributed by atoms with van der Waals surface area (Å²) in [6.07, 6.45) is 2.42. The van der Waals surface area contributed by atoms with E-state index >= 15 is 0 Å². The maximum absolute atomic E-state index is 5.88. The van der Waals surface area contributed by atoms with Crippen molar-refractivity contribution in [2.45, 2.75) is 0 Å². The van der Waals surface area contributed by atoms with Crippen molar-refractivity contribution in [3.63, 3.8) is 0 Å². The average molecular weight is 346 g/mol. The van der Waals surface area contributed by atoms with Crippen LogP contribution in [0.15, 0.2) is 12.3 Å². The summed E-state index contributed by atoms with van der Waals surface area (Å²) in [5.74, 6) is 0. The maximum Gasteiger partial charge on any atom is 0.141 e. The molecule has 2 aromatic heterocycles. The molecule has 1 unspecified atom stereocenters. The van der Waals surface area contributed by atoms with Crippen LogP contribution in [-0.2, 0) is 0 Å². The van der Waals surface area contributed by atoms with Crippen LogP contribution in [-0.4, -0.2) is 14.5 Å². The molecule has 0 bridgehead atoms. The van der Waals surface area contributed by atoms with Crippen molar-refractivity contribution in [1.29, 1.82) is 0 Å². The zero-order valence-corrected chi connectivity index (χ0v) is 10.8. The fourth-order valence-corrected chi connectivity index (χ4v) is 2.53. The van der Waals surface area contributed by atoms with Crippen LogP contribution in [0.2, 0.25) is 10.3 Å². The fraction of sp³-hybridized carbons (Fsp3) is 0. The summed E-state index contributed by atoms with van der Waals surface area (Å²) >= 11 is 13.9. The van der Waals surface area contributed by atoms with E-state index in [4.69, 9.17) is 23.2 Å². The van der Waals surface area contributed by atoms with Gasteiger partial charge in [0.1, 0.15) is 10.3 Å². The first-order valence-corrected chi connectivity index (χ1v) is 8.10. The Bertz CT molecular complexity index is 458. The number of hydrogen-bond acceptors (Lipinski definition) is 2. The van der Waals surface area contributed by atoms with Gasteiger partial charge in [-0.05, 0) is 22.0 Å². The largest absolute Gasteiger partial charge is 0.244 e. The Hall–Kier alpha value is 0.360. The van der Waals surface area contributed by atoms with Gasteiger partial charge in [0.05, 0.1) is 17.3 Å². The van der Waals surface area contributed by atoms with Gasteiger partial charge in [-0.2, -0.15) is 5.10 Å². The molecule has 0 aliphatic rings. The van der Waals surface area contributed by atoms with Crippen LogP contribution in [0.5, 0.6) is 0 Å². The molecule has 0 spiro atoms. The van der Waals surface area contributed by atoms with Gasteiger partial charge in [-0.15, -0.1) is 0 Å². The maximum atomic E-state index is 5.88. The molecule has 0 N–H and O–H groups in total. The van der Waals surface area contributed by atoms with Crippen LogP contribution in [0.4, 0.5) is 0 Å². The lowest BCUT2D eigenvalue weighted by molar-refractivity contribution is 1.03. The molecule has 0 fully saturated rings. The normalized spacial score (nSPS) is 11.9. The Labute approximate surface area is 99.1 Å².